The molecule has 0 bridgehead atoms. The topological polar surface area (TPSA) is 77.2 Å². The molecule has 1 aliphatic carbocycles. The van der Waals surface area contributed by atoms with Crippen LogP contribution in [0.5, 0.6) is 5.88 Å². The number of carbonyl (C=O) groups excluding carboxylic acids is 1. The molecular formula is C20H20ClN3O3. The summed E-state index contributed by atoms with van der Waals surface area (Å²) < 4.78 is 11.0. The van der Waals surface area contributed by atoms with E-state index in [1.165, 1.54) is 7.11 Å². The van der Waals surface area contributed by atoms with Gasteiger partial charge in [-0.3, -0.25) is 4.79 Å². The number of benzene rings is 1. The summed E-state index contributed by atoms with van der Waals surface area (Å²) in [6.45, 7) is 0. The van der Waals surface area contributed by atoms with Crippen LogP contribution in [-0.2, 0) is 0 Å². The van der Waals surface area contributed by atoms with Crippen LogP contribution < -0.4 is 10.1 Å². The van der Waals surface area contributed by atoms with Crippen LogP contribution in [0.15, 0.2) is 40.9 Å². The van der Waals surface area contributed by atoms with Gasteiger partial charge < -0.3 is 14.5 Å². The molecule has 4 rings (SSSR count). The van der Waals surface area contributed by atoms with Crippen LogP contribution in [0.25, 0.3) is 11.1 Å². The number of carbonyl (C=O) groups is 1. The van der Waals surface area contributed by atoms with E-state index in [-0.39, 0.29) is 17.9 Å². The first-order valence-electron chi connectivity index (χ1n) is 8.99. The normalized spacial score (nSPS) is 19.8. The molecule has 0 atom stereocenters. The van der Waals surface area contributed by atoms with Gasteiger partial charge in [-0.25, -0.2) is 9.97 Å². The number of oxazole rings is 1. The van der Waals surface area contributed by atoms with Gasteiger partial charge in [-0.1, -0.05) is 11.6 Å². The van der Waals surface area contributed by atoms with E-state index < -0.39 is 0 Å². The number of halogens is 1. The molecule has 3 aromatic rings. The average molecular weight is 386 g/mol. The summed E-state index contributed by atoms with van der Waals surface area (Å²) in [6, 6.07) is 8.95. The third kappa shape index (κ3) is 3.90. The van der Waals surface area contributed by atoms with Crippen molar-refractivity contribution in [2.45, 2.75) is 37.6 Å². The van der Waals surface area contributed by atoms with Gasteiger partial charge in [-0.05, 0) is 49.9 Å². The van der Waals surface area contributed by atoms with E-state index in [1.54, 1.807) is 24.4 Å². The van der Waals surface area contributed by atoms with Gasteiger partial charge in [-0.15, -0.1) is 0 Å². The molecule has 0 saturated heterocycles. The summed E-state index contributed by atoms with van der Waals surface area (Å²) in [5.74, 6) is 1.36. The van der Waals surface area contributed by atoms with E-state index in [1.807, 2.05) is 12.1 Å². The molecule has 1 N–H and O–H groups in total. The van der Waals surface area contributed by atoms with E-state index in [2.05, 4.69) is 15.3 Å². The lowest BCUT2D eigenvalue weighted by atomic mass is 9.86. The predicted octanol–water partition coefficient (Wildman–Crippen LogP) is 4.34. The maximum atomic E-state index is 12.4. The lowest BCUT2D eigenvalue weighted by Gasteiger charge is -2.27. The number of fused-ring (bicyclic) bond motifs is 1. The van der Waals surface area contributed by atoms with Crippen molar-refractivity contribution in [1.29, 1.82) is 0 Å². The zero-order valence-corrected chi connectivity index (χ0v) is 15.7. The highest BCUT2D eigenvalue weighted by atomic mass is 35.5. The van der Waals surface area contributed by atoms with Crippen LogP contribution in [0.3, 0.4) is 0 Å². The van der Waals surface area contributed by atoms with E-state index in [0.29, 0.717) is 16.5 Å². The molecule has 1 aromatic carbocycles. The fraction of sp³-hybridized carbons (Fsp3) is 0.350. The zero-order valence-electron chi connectivity index (χ0n) is 14.9. The molecule has 2 aromatic heterocycles. The van der Waals surface area contributed by atoms with E-state index in [4.69, 9.17) is 20.8 Å². The minimum Gasteiger partial charge on any atom is -0.481 e. The van der Waals surface area contributed by atoms with Gasteiger partial charge in [0, 0.05) is 34.8 Å². The Morgan fingerprint density at radius 3 is 2.81 bits per heavy atom. The van der Waals surface area contributed by atoms with Crippen molar-refractivity contribution in [3.8, 4) is 5.88 Å². The van der Waals surface area contributed by atoms with E-state index in [9.17, 15) is 4.79 Å². The predicted molar refractivity (Wildman–Crippen MR) is 102 cm³/mol. The van der Waals surface area contributed by atoms with E-state index in [0.717, 1.165) is 42.7 Å². The van der Waals surface area contributed by atoms with Crippen LogP contribution in [0.1, 0.15) is 47.8 Å². The molecule has 0 spiro atoms. The van der Waals surface area contributed by atoms with Gasteiger partial charge >= 0.3 is 0 Å². The number of methoxy groups -OCH3 is 1. The first-order chi connectivity index (χ1) is 13.1. The first kappa shape index (κ1) is 17.8. The van der Waals surface area contributed by atoms with Crippen LogP contribution >= 0.6 is 11.6 Å². The highest BCUT2D eigenvalue weighted by Crippen LogP contribution is 2.34. The Morgan fingerprint density at radius 1 is 1.22 bits per heavy atom. The number of amides is 1. The second-order valence-electron chi connectivity index (χ2n) is 6.77. The molecule has 0 aliphatic heterocycles. The Bertz CT molecular complexity index is 964. The number of ether oxygens (including phenoxy) is 1. The molecule has 27 heavy (non-hydrogen) atoms. The number of rotatable bonds is 4. The van der Waals surface area contributed by atoms with Gasteiger partial charge in [0.15, 0.2) is 11.5 Å². The molecule has 0 radical (unpaired) electrons. The lowest BCUT2D eigenvalue weighted by molar-refractivity contribution is 0.0924. The largest absolute Gasteiger partial charge is 0.481 e. The van der Waals surface area contributed by atoms with Crippen molar-refractivity contribution in [1.82, 2.24) is 15.3 Å². The Hall–Kier alpha value is -2.60. The SMILES string of the molecule is COc1cc(C(=O)NC2CCC(c3nc4cc(Cl)ccc4o3)CC2)ccn1. The third-order valence-corrected chi connectivity index (χ3v) is 5.22. The van der Waals surface area contributed by atoms with Gasteiger partial charge in [0.25, 0.3) is 5.91 Å². The van der Waals surface area contributed by atoms with Crippen LogP contribution in [0.4, 0.5) is 0 Å². The Kier molecular flexibility index (Phi) is 4.99. The second-order valence-corrected chi connectivity index (χ2v) is 7.21. The molecule has 1 amide bonds. The lowest BCUT2D eigenvalue weighted by Crippen LogP contribution is -2.37. The number of pyridine rings is 1. The molecule has 2 heterocycles. The molecule has 1 saturated carbocycles. The Morgan fingerprint density at radius 2 is 2.04 bits per heavy atom. The fourth-order valence-electron chi connectivity index (χ4n) is 3.51. The number of nitrogens with one attached hydrogen (secondary N) is 1. The molecular weight excluding hydrogens is 366 g/mol. The smallest absolute Gasteiger partial charge is 0.251 e. The fourth-order valence-corrected chi connectivity index (χ4v) is 3.68. The highest BCUT2D eigenvalue weighted by Gasteiger charge is 2.27. The van der Waals surface area contributed by atoms with Gasteiger partial charge in [0.05, 0.1) is 7.11 Å². The summed E-state index contributed by atoms with van der Waals surface area (Å²) in [7, 11) is 1.53. The highest BCUT2D eigenvalue weighted by molar-refractivity contribution is 6.31. The van der Waals surface area contributed by atoms with Crippen molar-refractivity contribution < 1.29 is 13.9 Å². The second kappa shape index (κ2) is 7.56. The van der Waals surface area contributed by atoms with E-state index >= 15 is 0 Å². The molecule has 6 nitrogen and oxygen atoms in total. The number of hydrogen-bond acceptors (Lipinski definition) is 5. The zero-order chi connectivity index (χ0) is 18.8. The van der Waals surface area contributed by atoms with Crippen molar-refractivity contribution in [2.75, 3.05) is 7.11 Å². The van der Waals surface area contributed by atoms with Gasteiger partial charge in [0.2, 0.25) is 5.88 Å². The number of hydrogen-bond donors (Lipinski definition) is 1. The van der Waals surface area contributed by atoms with Crippen molar-refractivity contribution >= 4 is 28.6 Å². The van der Waals surface area contributed by atoms with Crippen LogP contribution in [-0.4, -0.2) is 29.0 Å². The average Bonchev–Trinajstić information content (AvgIpc) is 3.11. The molecule has 0 unspecified atom stereocenters. The Balaban J connectivity index is 1.37. The van der Waals surface area contributed by atoms with Crippen molar-refractivity contribution in [3.63, 3.8) is 0 Å². The van der Waals surface area contributed by atoms with Crippen LogP contribution in [0, 0.1) is 0 Å². The summed E-state index contributed by atoms with van der Waals surface area (Å²) in [6.07, 6.45) is 5.19. The number of nitrogens with zero attached hydrogens (tertiary/aromatic N) is 2. The molecule has 1 fully saturated rings. The van der Waals surface area contributed by atoms with Gasteiger partial charge in [-0.2, -0.15) is 0 Å². The third-order valence-electron chi connectivity index (χ3n) is 4.98. The standard InChI is InChI=1S/C20H20ClN3O3/c1-26-18-10-13(8-9-22-18)19(25)23-15-5-2-12(3-6-15)20-24-16-11-14(21)4-7-17(16)27-20/h4,7-12,15H,2-3,5-6H2,1H3,(H,23,25). The quantitative estimate of drug-likeness (QED) is 0.722. The maximum Gasteiger partial charge on any atom is 0.251 e. The summed E-state index contributed by atoms with van der Waals surface area (Å²) >= 11 is 6.02. The first-order valence-corrected chi connectivity index (χ1v) is 9.37. The summed E-state index contributed by atoms with van der Waals surface area (Å²) in [4.78, 5) is 21.1. The van der Waals surface area contributed by atoms with Crippen LogP contribution in [0.2, 0.25) is 5.02 Å². The molecule has 1 aliphatic rings. The van der Waals surface area contributed by atoms with Gasteiger partial charge in [0.1, 0.15) is 5.52 Å². The maximum absolute atomic E-state index is 12.4. The molecule has 7 heteroatoms. The minimum atomic E-state index is -0.101. The van der Waals surface area contributed by atoms with Crippen molar-refractivity contribution in [3.05, 3.63) is 53.0 Å². The van der Waals surface area contributed by atoms with Crippen molar-refractivity contribution in [2.24, 2.45) is 0 Å². The molecule has 140 valence electrons. The summed E-state index contributed by atoms with van der Waals surface area (Å²) in [5.41, 5.74) is 2.11. The minimum absolute atomic E-state index is 0.101. The number of aromatic nitrogens is 2. The summed E-state index contributed by atoms with van der Waals surface area (Å²) in [5, 5.41) is 3.76. The monoisotopic (exact) mass is 385 g/mol. The Labute approximate surface area is 161 Å².